The van der Waals surface area contributed by atoms with Gasteiger partial charge in [0, 0.05) is 12.8 Å². The first kappa shape index (κ1) is 14.8. The van der Waals surface area contributed by atoms with Crippen molar-refractivity contribution < 1.29 is 18.7 Å². The molecule has 1 N–H and O–H groups in total. The summed E-state index contributed by atoms with van der Waals surface area (Å²) in [6.07, 6.45) is 0.686. The summed E-state index contributed by atoms with van der Waals surface area (Å²) in [6, 6.07) is 6.31. The van der Waals surface area contributed by atoms with E-state index in [4.69, 9.17) is 9.47 Å². The molecule has 1 aliphatic heterocycles. The molecule has 2 atom stereocenters. The Hall–Kier alpha value is -1.62. The summed E-state index contributed by atoms with van der Waals surface area (Å²) in [7, 11) is 1.35. The molecule has 2 rings (SSSR count). The van der Waals surface area contributed by atoms with E-state index in [0.29, 0.717) is 18.5 Å². The summed E-state index contributed by atoms with van der Waals surface area (Å²) in [6.45, 7) is 3.80. The summed E-state index contributed by atoms with van der Waals surface area (Å²) >= 11 is 0. The van der Waals surface area contributed by atoms with Gasteiger partial charge in [-0.25, -0.2) is 9.18 Å². The zero-order chi connectivity index (χ0) is 14.8. The van der Waals surface area contributed by atoms with Crippen LogP contribution in [0.5, 0.6) is 0 Å². The van der Waals surface area contributed by atoms with Crippen molar-refractivity contribution >= 4 is 11.7 Å². The summed E-state index contributed by atoms with van der Waals surface area (Å²) in [5.74, 6) is -0.773. The first-order valence-corrected chi connectivity index (χ1v) is 6.73. The van der Waals surface area contributed by atoms with E-state index >= 15 is 0 Å². The molecule has 1 saturated heterocycles. The van der Waals surface area contributed by atoms with Gasteiger partial charge in [-0.3, -0.25) is 0 Å². The minimum absolute atomic E-state index is 0.0999. The van der Waals surface area contributed by atoms with Crippen molar-refractivity contribution in [1.29, 1.82) is 0 Å². The van der Waals surface area contributed by atoms with E-state index in [9.17, 15) is 9.18 Å². The Morgan fingerprint density at radius 3 is 2.50 bits per heavy atom. The molecule has 0 bridgehead atoms. The number of methoxy groups -OCH3 is 1. The Bertz CT molecular complexity index is 482. The number of hydrogen-bond acceptors (Lipinski definition) is 4. The van der Waals surface area contributed by atoms with Crippen LogP contribution in [0.4, 0.5) is 10.1 Å². The number of benzene rings is 1. The third-order valence-electron chi connectivity index (χ3n) is 3.56. The summed E-state index contributed by atoms with van der Waals surface area (Å²) in [5.41, 5.74) is -0.646. The number of hydrogen-bond donors (Lipinski definition) is 1. The second kappa shape index (κ2) is 5.79. The van der Waals surface area contributed by atoms with Crippen LogP contribution in [0.1, 0.15) is 26.7 Å². The molecule has 110 valence electrons. The Morgan fingerprint density at radius 2 is 1.95 bits per heavy atom. The van der Waals surface area contributed by atoms with E-state index in [-0.39, 0.29) is 24.0 Å². The van der Waals surface area contributed by atoms with Crippen LogP contribution in [0, 0.1) is 5.82 Å². The van der Waals surface area contributed by atoms with Crippen molar-refractivity contribution in [2.45, 2.75) is 44.4 Å². The number of esters is 1. The smallest absolute Gasteiger partial charge is 0.331 e. The number of carbonyl (C=O) groups is 1. The molecule has 1 aromatic rings. The maximum Gasteiger partial charge on any atom is 0.331 e. The van der Waals surface area contributed by atoms with E-state index in [0.717, 1.165) is 0 Å². The molecule has 20 heavy (non-hydrogen) atoms. The minimum atomic E-state index is -0.950. The lowest BCUT2D eigenvalue weighted by atomic mass is 9.83. The Morgan fingerprint density at radius 1 is 1.35 bits per heavy atom. The number of carbonyl (C=O) groups excluding carboxylic acids is 1. The van der Waals surface area contributed by atoms with Gasteiger partial charge in [0.1, 0.15) is 11.4 Å². The molecule has 0 spiro atoms. The van der Waals surface area contributed by atoms with Gasteiger partial charge in [0.15, 0.2) is 0 Å². The van der Waals surface area contributed by atoms with Crippen LogP contribution in [0.3, 0.4) is 0 Å². The van der Waals surface area contributed by atoms with Crippen molar-refractivity contribution in [2.24, 2.45) is 0 Å². The molecule has 1 heterocycles. The van der Waals surface area contributed by atoms with Gasteiger partial charge in [-0.05, 0) is 26.0 Å². The highest BCUT2D eigenvalue weighted by molar-refractivity contribution is 5.85. The Balaban J connectivity index is 2.33. The summed E-state index contributed by atoms with van der Waals surface area (Å²) in [5, 5.41) is 3.04. The van der Waals surface area contributed by atoms with Gasteiger partial charge in [0.05, 0.1) is 25.0 Å². The molecule has 1 fully saturated rings. The van der Waals surface area contributed by atoms with E-state index in [1.54, 1.807) is 18.2 Å². The topological polar surface area (TPSA) is 47.6 Å². The predicted molar refractivity (Wildman–Crippen MR) is 74.0 cm³/mol. The van der Waals surface area contributed by atoms with Crippen molar-refractivity contribution in [3.63, 3.8) is 0 Å². The molecule has 5 heteroatoms. The minimum Gasteiger partial charge on any atom is -0.467 e. The van der Waals surface area contributed by atoms with Crippen LogP contribution < -0.4 is 5.32 Å². The van der Waals surface area contributed by atoms with Crippen LogP contribution in [0.2, 0.25) is 0 Å². The average molecular weight is 281 g/mol. The molecule has 1 aliphatic rings. The predicted octanol–water partition coefficient (Wildman–Crippen LogP) is 2.74. The van der Waals surface area contributed by atoms with Crippen LogP contribution in [-0.4, -0.2) is 30.8 Å². The Kier molecular flexibility index (Phi) is 4.28. The standard InChI is InChI=1S/C15H20FNO3/c1-10-8-15(14(18)19-3,9-11(2)20-10)17-13-7-5-4-6-12(13)16/h4-7,10-11,17H,8-9H2,1-3H3. The third kappa shape index (κ3) is 2.93. The zero-order valence-electron chi connectivity index (χ0n) is 12.0. The normalized spacial score (nSPS) is 29.8. The van der Waals surface area contributed by atoms with Crippen LogP contribution >= 0.6 is 0 Å². The zero-order valence-corrected chi connectivity index (χ0v) is 12.0. The highest BCUT2D eigenvalue weighted by atomic mass is 19.1. The van der Waals surface area contributed by atoms with Crippen molar-refractivity contribution in [3.05, 3.63) is 30.1 Å². The van der Waals surface area contributed by atoms with E-state index in [1.165, 1.54) is 13.2 Å². The van der Waals surface area contributed by atoms with Gasteiger partial charge in [-0.15, -0.1) is 0 Å². The number of rotatable bonds is 3. The third-order valence-corrected chi connectivity index (χ3v) is 3.56. The lowest BCUT2D eigenvalue weighted by molar-refractivity contribution is -0.154. The number of nitrogens with one attached hydrogen (secondary N) is 1. The molecular formula is C15H20FNO3. The molecule has 0 amide bonds. The molecule has 0 saturated carbocycles. The summed E-state index contributed by atoms with van der Waals surface area (Å²) < 4.78 is 24.4. The lowest BCUT2D eigenvalue weighted by Gasteiger charge is -2.41. The van der Waals surface area contributed by atoms with Gasteiger partial charge in [-0.1, -0.05) is 12.1 Å². The second-order valence-corrected chi connectivity index (χ2v) is 5.34. The average Bonchev–Trinajstić information content (AvgIpc) is 2.39. The maximum absolute atomic E-state index is 13.8. The Labute approximate surface area is 118 Å². The maximum atomic E-state index is 13.8. The largest absolute Gasteiger partial charge is 0.467 e. The first-order chi connectivity index (χ1) is 9.47. The van der Waals surface area contributed by atoms with Gasteiger partial charge in [-0.2, -0.15) is 0 Å². The monoisotopic (exact) mass is 281 g/mol. The quantitative estimate of drug-likeness (QED) is 0.865. The molecule has 0 radical (unpaired) electrons. The van der Waals surface area contributed by atoms with Crippen molar-refractivity contribution in [2.75, 3.05) is 12.4 Å². The highest BCUT2D eigenvalue weighted by Crippen LogP contribution is 2.34. The molecule has 0 aliphatic carbocycles. The SMILES string of the molecule is COC(=O)C1(Nc2ccccc2F)CC(C)OC(C)C1. The first-order valence-electron chi connectivity index (χ1n) is 6.73. The van der Waals surface area contributed by atoms with E-state index in [1.807, 2.05) is 13.8 Å². The molecule has 1 aromatic carbocycles. The second-order valence-electron chi connectivity index (χ2n) is 5.34. The van der Waals surface area contributed by atoms with Gasteiger partial charge in [0.25, 0.3) is 0 Å². The number of halogens is 1. The fourth-order valence-electron chi connectivity index (χ4n) is 2.89. The number of ether oxygens (including phenoxy) is 2. The lowest BCUT2D eigenvalue weighted by Crippen LogP contribution is -2.55. The van der Waals surface area contributed by atoms with Gasteiger partial charge in [0.2, 0.25) is 0 Å². The molecule has 2 unspecified atom stereocenters. The molecule has 4 nitrogen and oxygen atoms in total. The number of anilines is 1. The highest BCUT2D eigenvalue weighted by Gasteiger charge is 2.46. The van der Waals surface area contributed by atoms with Crippen molar-refractivity contribution in [3.8, 4) is 0 Å². The molecule has 0 aromatic heterocycles. The molecular weight excluding hydrogens is 261 g/mol. The van der Waals surface area contributed by atoms with Crippen LogP contribution in [0.15, 0.2) is 24.3 Å². The fourth-order valence-corrected chi connectivity index (χ4v) is 2.89. The van der Waals surface area contributed by atoms with Crippen LogP contribution in [0.25, 0.3) is 0 Å². The summed E-state index contributed by atoms with van der Waals surface area (Å²) in [4.78, 5) is 12.2. The fraction of sp³-hybridized carbons (Fsp3) is 0.533. The van der Waals surface area contributed by atoms with E-state index in [2.05, 4.69) is 5.32 Å². The van der Waals surface area contributed by atoms with Crippen LogP contribution in [-0.2, 0) is 14.3 Å². The number of para-hydroxylation sites is 1. The van der Waals surface area contributed by atoms with E-state index < -0.39 is 5.54 Å². The van der Waals surface area contributed by atoms with Gasteiger partial charge < -0.3 is 14.8 Å². The van der Waals surface area contributed by atoms with Gasteiger partial charge >= 0.3 is 5.97 Å². The van der Waals surface area contributed by atoms with Crippen molar-refractivity contribution in [1.82, 2.24) is 0 Å².